The third-order valence-electron chi connectivity index (χ3n) is 1.52. The number of ketones is 2. The maximum absolute atomic E-state index is 10.8. The van der Waals surface area contributed by atoms with Crippen LogP contribution in [0.4, 0.5) is 0 Å². The van der Waals surface area contributed by atoms with Gasteiger partial charge in [0.15, 0.2) is 5.78 Å². The largest absolute Gasteiger partial charge is 0.394 e. The van der Waals surface area contributed by atoms with Gasteiger partial charge in [-0.15, -0.1) is 0 Å². The molecule has 0 aromatic heterocycles. The molecule has 0 bridgehead atoms. The Morgan fingerprint density at radius 2 is 1.69 bits per heavy atom. The number of rotatable bonds is 5. The van der Waals surface area contributed by atoms with Gasteiger partial charge in [0.2, 0.25) is 5.78 Å². The third-order valence-corrected chi connectivity index (χ3v) is 1.52. The SMILES string of the molecule is CC(=O)C(=O)[C@H](O)[C@@H](O)[C@H](O)CO. The minimum atomic E-state index is -1.99. The average Bonchev–Trinajstić information content (AvgIpc) is 2.12. The fourth-order valence-electron chi connectivity index (χ4n) is 0.682. The Morgan fingerprint density at radius 3 is 2.00 bits per heavy atom. The van der Waals surface area contributed by atoms with Gasteiger partial charge in [-0.3, -0.25) is 9.59 Å². The van der Waals surface area contributed by atoms with Crippen LogP contribution in [0.3, 0.4) is 0 Å². The quantitative estimate of drug-likeness (QED) is 0.350. The van der Waals surface area contributed by atoms with Crippen LogP contribution in [0.2, 0.25) is 0 Å². The van der Waals surface area contributed by atoms with E-state index >= 15 is 0 Å². The molecule has 0 aromatic rings. The number of carbonyl (C=O) groups is 2. The summed E-state index contributed by atoms with van der Waals surface area (Å²) in [4.78, 5) is 21.2. The van der Waals surface area contributed by atoms with Gasteiger partial charge in [-0.25, -0.2) is 0 Å². The van der Waals surface area contributed by atoms with Crippen LogP contribution in [-0.2, 0) is 9.59 Å². The van der Waals surface area contributed by atoms with E-state index in [9.17, 15) is 9.59 Å². The van der Waals surface area contributed by atoms with Gasteiger partial charge in [-0.2, -0.15) is 0 Å². The van der Waals surface area contributed by atoms with E-state index in [4.69, 9.17) is 20.4 Å². The van der Waals surface area contributed by atoms with Crippen molar-refractivity contribution < 1.29 is 30.0 Å². The van der Waals surface area contributed by atoms with Gasteiger partial charge >= 0.3 is 0 Å². The lowest BCUT2D eigenvalue weighted by atomic mass is 10.0. The minimum Gasteiger partial charge on any atom is -0.394 e. The number of aliphatic hydroxyl groups is 4. The van der Waals surface area contributed by atoms with Gasteiger partial charge in [0.1, 0.15) is 18.3 Å². The molecule has 0 aliphatic heterocycles. The van der Waals surface area contributed by atoms with Crippen LogP contribution >= 0.6 is 0 Å². The first-order valence-corrected chi connectivity index (χ1v) is 3.61. The second kappa shape index (κ2) is 5.03. The van der Waals surface area contributed by atoms with Crippen molar-refractivity contribution in [2.75, 3.05) is 6.61 Å². The standard InChI is InChI=1S/C7H12O6/c1-3(9)5(11)7(13)6(12)4(10)2-8/h4,6-8,10,12-13H,2H2,1H3/t4-,6+,7+/m1/s1. The summed E-state index contributed by atoms with van der Waals surface area (Å²) in [5, 5.41) is 35.1. The first kappa shape index (κ1) is 12.2. The van der Waals surface area contributed by atoms with Crippen molar-refractivity contribution in [2.24, 2.45) is 0 Å². The fourth-order valence-corrected chi connectivity index (χ4v) is 0.682. The van der Waals surface area contributed by atoms with Gasteiger partial charge in [0.25, 0.3) is 0 Å². The van der Waals surface area contributed by atoms with Crippen LogP contribution < -0.4 is 0 Å². The van der Waals surface area contributed by atoms with Crippen LogP contribution in [-0.4, -0.2) is 56.9 Å². The molecule has 0 fully saturated rings. The Morgan fingerprint density at radius 1 is 1.23 bits per heavy atom. The van der Waals surface area contributed by atoms with Crippen LogP contribution in [0.25, 0.3) is 0 Å². The molecule has 3 atom stereocenters. The molecule has 0 aromatic carbocycles. The fraction of sp³-hybridized carbons (Fsp3) is 0.714. The van der Waals surface area contributed by atoms with Crippen molar-refractivity contribution >= 4 is 11.6 Å². The number of hydrogen-bond acceptors (Lipinski definition) is 6. The molecule has 0 saturated carbocycles. The Balaban J connectivity index is 4.33. The average molecular weight is 192 g/mol. The Hall–Kier alpha value is -0.820. The zero-order chi connectivity index (χ0) is 10.6. The van der Waals surface area contributed by atoms with Crippen molar-refractivity contribution in [3.05, 3.63) is 0 Å². The predicted molar refractivity (Wildman–Crippen MR) is 40.8 cm³/mol. The van der Waals surface area contributed by atoms with Crippen molar-refractivity contribution in [3.63, 3.8) is 0 Å². The molecule has 0 aliphatic carbocycles. The lowest BCUT2D eigenvalue weighted by molar-refractivity contribution is -0.149. The highest BCUT2D eigenvalue weighted by atomic mass is 16.4. The molecule has 0 aliphatic rings. The van der Waals surface area contributed by atoms with Crippen LogP contribution in [0.5, 0.6) is 0 Å². The molecule has 0 rings (SSSR count). The molecule has 0 spiro atoms. The van der Waals surface area contributed by atoms with E-state index in [0.717, 1.165) is 6.92 Å². The van der Waals surface area contributed by atoms with Gasteiger partial charge in [0.05, 0.1) is 6.61 Å². The normalized spacial score (nSPS) is 17.6. The topological polar surface area (TPSA) is 115 Å². The predicted octanol–water partition coefficient (Wildman–Crippen LogP) is -2.78. The number of hydrogen-bond donors (Lipinski definition) is 4. The molecule has 0 saturated heterocycles. The second-order valence-corrected chi connectivity index (χ2v) is 2.61. The second-order valence-electron chi connectivity index (χ2n) is 2.61. The number of carbonyl (C=O) groups excluding carboxylic acids is 2. The summed E-state index contributed by atoms with van der Waals surface area (Å²) >= 11 is 0. The van der Waals surface area contributed by atoms with Crippen molar-refractivity contribution in [1.29, 1.82) is 0 Å². The van der Waals surface area contributed by atoms with Crippen LogP contribution in [0.15, 0.2) is 0 Å². The van der Waals surface area contributed by atoms with Crippen molar-refractivity contribution in [2.45, 2.75) is 25.2 Å². The monoisotopic (exact) mass is 192 g/mol. The molecule has 0 heterocycles. The smallest absolute Gasteiger partial charge is 0.229 e. The summed E-state index contributed by atoms with van der Waals surface area (Å²) in [6.07, 6.45) is -5.47. The maximum Gasteiger partial charge on any atom is 0.229 e. The molecular weight excluding hydrogens is 180 g/mol. The lowest BCUT2D eigenvalue weighted by Gasteiger charge is -2.19. The summed E-state index contributed by atoms with van der Waals surface area (Å²) in [7, 11) is 0. The highest BCUT2D eigenvalue weighted by molar-refractivity contribution is 6.38. The van der Waals surface area contributed by atoms with Gasteiger partial charge in [-0.1, -0.05) is 0 Å². The molecule has 0 unspecified atom stereocenters. The van der Waals surface area contributed by atoms with Gasteiger partial charge in [0, 0.05) is 6.92 Å². The summed E-state index contributed by atoms with van der Waals surface area (Å²) in [5.41, 5.74) is 0. The third kappa shape index (κ3) is 3.19. The molecule has 6 nitrogen and oxygen atoms in total. The molecule has 4 N–H and O–H groups in total. The minimum absolute atomic E-state index is 0.802. The Labute approximate surface area is 74.4 Å². The molecule has 76 valence electrons. The molecular formula is C7H12O6. The van der Waals surface area contributed by atoms with E-state index < -0.39 is 36.5 Å². The molecule has 0 radical (unpaired) electrons. The van der Waals surface area contributed by atoms with Gasteiger partial charge < -0.3 is 20.4 Å². The van der Waals surface area contributed by atoms with Gasteiger partial charge in [-0.05, 0) is 0 Å². The number of Topliss-reactive ketones (excluding diaryl/α,β-unsaturated/α-hetero) is 2. The van der Waals surface area contributed by atoms with Crippen LogP contribution in [0.1, 0.15) is 6.92 Å². The van der Waals surface area contributed by atoms with E-state index in [1.54, 1.807) is 0 Å². The molecule has 13 heavy (non-hydrogen) atoms. The zero-order valence-corrected chi connectivity index (χ0v) is 7.04. The summed E-state index contributed by atoms with van der Waals surface area (Å²) < 4.78 is 0. The summed E-state index contributed by atoms with van der Waals surface area (Å²) in [5.74, 6) is -2.11. The van der Waals surface area contributed by atoms with Crippen molar-refractivity contribution in [1.82, 2.24) is 0 Å². The van der Waals surface area contributed by atoms with E-state index in [-0.39, 0.29) is 0 Å². The van der Waals surface area contributed by atoms with E-state index in [1.807, 2.05) is 0 Å². The van der Waals surface area contributed by atoms with Crippen LogP contribution in [0, 0.1) is 0 Å². The van der Waals surface area contributed by atoms with Crippen molar-refractivity contribution in [3.8, 4) is 0 Å². The molecule has 0 amide bonds. The zero-order valence-electron chi connectivity index (χ0n) is 7.04. The van der Waals surface area contributed by atoms with E-state index in [1.165, 1.54) is 0 Å². The Kier molecular flexibility index (Phi) is 4.71. The summed E-state index contributed by atoms with van der Waals surface area (Å²) in [6, 6.07) is 0. The van der Waals surface area contributed by atoms with E-state index in [2.05, 4.69) is 0 Å². The lowest BCUT2D eigenvalue weighted by Crippen LogP contribution is -2.45. The first-order chi connectivity index (χ1) is 5.91. The molecule has 6 heteroatoms. The number of aliphatic hydroxyl groups excluding tert-OH is 4. The highest BCUT2D eigenvalue weighted by Crippen LogP contribution is 2.01. The maximum atomic E-state index is 10.8. The summed E-state index contributed by atoms with van der Waals surface area (Å²) in [6.45, 7) is 0.132. The highest BCUT2D eigenvalue weighted by Gasteiger charge is 2.31. The first-order valence-electron chi connectivity index (χ1n) is 3.61. The van der Waals surface area contributed by atoms with E-state index in [0.29, 0.717) is 0 Å². The Bertz CT molecular complexity index is 201.